The van der Waals surface area contributed by atoms with Crippen LogP contribution in [0, 0.1) is 0 Å². The van der Waals surface area contributed by atoms with Crippen LogP contribution in [-0.4, -0.2) is 0 Å². The molecule has 0 saturated heterocycles. The van der Waals surface area contributed by atoms with Crippen molar-refractivity contribution in [1.82, 2.24) is 0 Å². The minimum atomic E-state index is 1.10. The van der Waals surface area contributed by atoms with Gasteiger partial charge in [0.25, 0.3) is 0 Å². The van der Waals surface area contributed by atoms with Crippen LogP contribution in [0.2, 0.25) is 0 Å². The maximum Gasteiger partial charge on any atom is -0.00817 e. The zero-order valence-electron chi connectivity index (χ0n) is 10.7. The van der Waals surface area contributed by atoms with Crippen LogP contribution in [0.3, 0.4) is 0 Å². The highest BCUT2D eigenvalue weighted by molar-refractivity contribution is 6.02. The van der Waals surface area contributed by atoms with E-state index in [-0.39, 0.29) is 0 Å². The molecular formula is C19H14. The molecule has 0 amide bonds. The molecule has 0 saturated carbocycles. The molecule has 2 aromatic rings. The first kappa shape index (κ1) is 9.80. The summed E-state index contributed by atoms with van der Waals surface area (Å²) < 4.78 is 0. The summed E-state index contributed by atoms with van der Waals surface area (Å²) >= 11 is 0. The molecule has 0 spiro atoms. The van der Waals surface area contributed by atoms with Crippen LogP contribution in [0.1, 0.15) is 33.4 Å². The number of hydrogen-bond acceptors (Lipinski definition) is 0. The molecule has 0 heteroatoms. The van der Waals surface area contributed by atoms with Crippen LogP contribution in [0.15, 0.2) is 30.4 Å². The molecule has 0 aromatic heterocycles. The quantitative estimate of drug-likeness (QED) is 0.636. The molecule has 19 heavy (non-hydrogen) atoms. The fourth-order valence-corrected chi connectivity index (χ4v) is 3.95. The van der Waals surface area contributed by atoms with Crippen molar-refractivity contribution in [2.75, 3.05) is 0 Å². The Bertz CT molecular complexity index is 829. The van der Waals surface area contributed by atoms with Crippen molar-refractivity contribution < 1.29 is 0 Å². The predicted octanol–water partition coefficient (Wildman–Crippen LogP) is 4.55. The summed E-state index contributed by atoms with van der Waals surface area (Å²) in [5, 5.41) is 3.04. The van der Waals surface area contributed by atoms with Gasteiger partial charge >= 0.3 is 0 Å². The lowest BCUT2D eigenvalue weighted by atomic mass is 9.87. The predicted molar refractivity (Wildman–Crippen MR) is 82.2 cm³/mol. The van der Waals surface area contributed by atoms with Gasteiger partial charge in [0.15, 0.2) is 0 Å². The highest BCUT2D eigenvalue weighted by Crippen LogP contribution is 2.42. The lowest BCUT2D eigenvalue weighted by Crippen LogP contribution is -1.98. The Morgan fingerprint density at radius 3 is 2.21 bits per heavy atom. The lowest BCUT2D eigenvalue weighted by Gasteiger charge is -2.16. The van der Waals surface area contributed by atoms with Gasteiger partial charge < -0.3 is 0 Å². The molecule has 0 radical (unpaired) electrons. The molecule has 0 nitrogen and oxygen atoms in total. The minimum Gasteiger partial charge on any atom is -0.0795 e. The van der Waals surface area contributed by atoms with Gasteiger partial charge in [0, 0.05) is 0 Å². The van der Waals surface area contributed by atoms with E-state index >= 15 is 0 Å². The zero-order valence-corrected chi connectivity index (χ0v) is 10.7. The fraction of sp³-hybridized carbons (Fsp3) is 0.158. The molecule has 2 aromatic carbocycles. The molecule has 0 unspecified atom stereocenters. The maximum absolute atomic E-state index is 2.34. The summed E-state index contributed by atoms with van der Waals surface area (Å²) in [5.74, 6) is 0. The monoisotopic (exact) mass is 242 g/mol. The molecule has 0 heterocycles. The van der Waals surface area contributed by atoms with Crippen LogP contribution in [0.4, 0.5) is 0 Å². The van der Waals surface area contributed by atoms with Crippen molar-refractivity contribution in [3.63, 3.8) is 0 Å². The number of rotatable bonds is 0. The molecule has 0 aliphatic heterocycles. The van der Waals surface area contributed by atoms with Crippen LogP contribution in [-0.2, 0) is 19.3 Å². The molecule has 0 fully saturated rings. The standard InChI is InChI=1S/C19H14/c1-4-12-10-11-18-16-7-2-6-14(16)15-8-3-9-17(15)19(18)13(12)5-1/h1-4,6,8,10-11H,5,7,9H2. The largest absolute Gasteiger partial charge is 0.0795 e. The molecule has 0 atom stereocenters. The first-order valence-electron chi connectivity index (χ1n) is 7.06. The third-order valence-electron chi connectivity index (χ3n) is 4.75. The highest BCUT2D eigenvalue weighted by atomic mass is 14.3. The Balaban J connectivity index is 2.03. The average molecular weight is 242 g/mol. The molecular weight excluding hydrogens is 228 g/mol. The summed E-state index contributed by atoms with van der Waals surface area (Å²) in [7, 11) is 0. The van der Waals surface area contributed by atoms with Crippen LogP contribution in [0.5, 0.6) is 0 Å². The molecule has 5 rings (SSSR count). The average Bonchev–Trinajstić information content (AvgIpc) is 3.17. The summed E-state index contributed by atoms with van der Waals surface area (Å²) in [6.07, 6.45) is 17.1. The van der Waals surface area contributed by atoms with Crippen molar-refractivity contribution in [3.8, 4) is 0 Å². The lowest BCUT2D eigenvalue weighted by molar-refractivity contribution is 1.26. The second-order valence-electron chi connectivity index (χ2n) is 5.66. The normalized spacial score (nSPS) is 17.3. The van der Waals surface area contributed by atoms with E-state index in [0.717, 1.165) is 19.3 Å². The van der Waals surface area contributed by atoms with E-state index in [4.69, 9.17) is 0 Å². The van der Waals surface area contributed by atoms with Crippen LogP contribution >= 0.6 is 0 Å². The van der Waals surface area contributed by atoms with Gasteiger partial charge in [-0.25, -0.2) is 0 Å². The van der Waals surface area contributed by atoms with E-state index in [9.17, 15) is 0 Å². The SMILES string of the molecule is C1=Cc2c3c(c4c5c(ccc4c2C1)C=CC5)CC=C3. The molecule has 3 aliphatic carbocycles. The van der Waals surface area contributed by atoms with Crippen LogP contribution in [0.25, 0.3) is 29.0 Å². The Hall–Kier alpha value is -2.08. The number of hydrogen-bond donors (Lipinski definition) is 0. The van der Waals surface area contributed by atoms with Crippen LogP contribution < -0.4 is 0 Å². The molecule has 0 bridgehead atoms. The molecule has 90 valence electrons. The van der Waals surface area contributed by atoms with Gasteiger partial charge in [0.2, 0.25) is 0 Å². The topological polar surface area (TPSA) is 0 Å². The van der Waals surface area contributed by atoms with E-state index in [1.165, 1.54) is 27.6 Å². The maximum atomic E-state index is 2.34. The van der Waals surface area contributed by atoms with E-state index in [0.29, 0.717) is 0 Å². The van der Waals surface area contributed by atoms with Gasteiger partial charge in [-0.15, -0.1) is 0 Å². The van der Waals surface area contributed by atoms with E-state index in [2.05, 4.69) is 48.6 Å². The van der Waals surface area contributed by atoms with E-state index in [1.54, 1.807) is 16.5 Å². The van der Waals surface area contributed by atoms with Gasteiger partial charge in [-0.2, -0.15) is 0 Å². The second-order valence-corrected chi connectivity index (χ2v) is 5.66. The van der Waals surface area contributed by atoms with Crippen molar-refractivity contribution in [2.45, 2.75) is 19.3 Å². The van der Waals surface area contributed by atoms with Gasteiger partial charge in [0.1, 0.15) is 0 Å². The summed E-state index contributed by atoms with van der Waals surface area (Å²) in [6, 6.07) is 4.64. The summed E-state index contributed by atoms with van der Waals surface area (Å²) in [6.45, 7) is 0. The smallest absolute Gasteiger partial charge is 0.00817 e. The van der Waals surface area contributed by atoms with Crippen molar-refractivity contribution in [3.05, 3.63) is 63.7 Å². The Kier molecular flexibility index (Phi) is 1.69. The molecule has 3 aliphatic rings. The molecule has 0 N–H and O–H groups in total. The minimum absolute atomic E-state index is 1.10. The first-order valence-corrected chi connectivity index (χ1v) is 7.06. The third kappa shape index (κ3) is 1.10. The Morgan fingerprint density at radius 2 is 1.32 bits per heavy atom. The number of benzene rings is 2. The Labute approximate surface area is 112 Å². The van der Waals surface area contributed by atoms with Gasteiger partial charge in [-0.05, 0) is 63.4 Å². The Morgan fingerprint density at radius 1 is 0.632 bits per heavy atom. The first-order chi connectivity index (χ1) is 9.43. The number of fused-ring (bicyclic) bond motifs is 8. The van der Waals surface area contributed by atoms with E-state index in [1.807, 2.05) is 0 Å². The fourth-order valence-electron chi connectivity index (χ4n) is 3.95. The third-order valence-corrected chi connectivity index (χ3v) is 4.75. The van der Waals surface area contributed by atoms with Gasteiger partial charge in [0.05, 0.1) is 0 Å². The van der Waals surface area contributed by atoms with Gasteiger partial charge in [-0.3, -0.25) is 0 Å². The van der Waals surface area contributed by atoms with Gasteiger partial charge in [-0.1, -0.05) is 48.6 Å². The highest BCUT2D eigenvalue weighted by Gasteiger charge is 2.23. The second kappa shape index (κ2) is 3.27. The summed E-state index contributed by atoms with van der Waals surface area (Å²) in [4.78, 5) is 0. The van der Waals surface area contributed by atoms with Crippen molar-refractivity contribution in [1.29, 1.82) is 0 Å². The zero-order chi connectivity index (χ0) is 12.4. The number of allylic oxidation sites excluding steroid dienone is 3. The van der Waals surface area contributed by atoms with Crippen molar-refractivity contribution in [2.24, 2.45) is 0 Å². The van der Waals surface area contributed by atoms with Crippen molar-refractivity contribution >= 4 is 29.0 Å². The van der Waals surface area contributed by atoms with E-state index < -0.39 is 0 Å². The summed E-state index contributed by atoms with van der Waals surface area (Å²) in [5.41, 5.74) is 9.02.